The molecule has 0 spiro atoms. The monoisotopic (exact) mass is 367 g/mol. The fourth-order valence-corrected chi connectivity index (χ4v) is 3.14. The van der Waals surface area contributed by atoms with E-state index in [2.05, 4.69) is 15.9 Å². The third kappa shape index (κ3) is 3.56. The zero-order valence-electron chi connectivity index (χ0n) is 11.1. The molecule has 0 N–H and O–H groups in total. The lowest BCUT2D eigenvalue weighted by Gasteiger charge is -2.35. The van der Waals surface area contributed by atoms with E-state index in [1.165, 1.54) is 0 Å². The maximum absolute atomic E-state index is 13.3. The van der Waals surface area contributed by atoms with Crippen LogP contribution in [0.4, 0.5) is 17.6 Å². The minimum atomic E-state index is -4.81. The van der Waals surface area contributed by atoms with Crippen molar-refractivity contribution in [3.8, 4) is 0 Å². The molecule has 1 saturated heterocycles. The highest BCUT2D eigenvalue weighted by molar-refractivity contribution is 9.09. The topological polar surface area (TPSA) is 20.3 Å². The molecule has 1 aliphatic heterocycles. The number of carbonyl (C=O) groups is 1. The Labute approximate surface area is 128 Å². The number of hydrogen-bond acceptors (Lipinski definition) is 1. The Morgan fingerprint density at radius 1 is 1.33 bits per heavy atom. The van der Waals surface area contributed by atoms with Crippen LogP contribution in [0.3, 0.4) is 0 Å². The Hall–Kier alpha value is -1.11. The first-order chi connectivity index (χ1) is 9.84. The Morgan fingerprint density at radius 2 is 2.05 bits per heavy atom. The maximum Gasteiger partial charge on any atom is 0.419 e. The van der Waals surface area contributed by atoms with E-state index in [4.69, 9.17) is 0 Å². The molecule has 1 aromatic rings. The Morgan fingerprint density at radius 3 is 2.67 bits per heavy atom. The van der Waals surface area contributed by atoms with Crippen molar-refractivity contribution in [3.63, 3.8) is 0 Å². The minimum absolute atomic E-state index is 0.0364. The fourth-order valence-electron chi connectivity index (χ4n) is 2.47. The molecule has 2 nitrogen and oxygen atoms in total. The van der Waals surface area contributed by atoms with Crippen molar-refractivity contribution >= 4 is 21.8 Å². The molecule has 0 aromatic heterocycles. The van der Waals surface area contributed by atoms with Crippen LogP contribution in [-0.2, 0) is 6.18 Å². The summed E-state index contributed by atoms with van der Waals surface area (Å²) in [6.07, 6.45) is -2.19. The molecule has 1 unspecified atom stereocenters. The predicted octanol–water partition coefficient (Wildman–Crippen LogP) is 4.23. The highest BCUT2D eigenvalue weighted by Crippen LogP contribution is 2.32. The van der Waals surface area contributed by atoms with Crippen LogP contribution >= 0.6 is 15.9 Å². The fraction of sp³-hybridized carbons (Fsp3) is 0.500. The molecule has 1 fully saturated rings. The number of hydrogen-bond donors (Lipinski definition) is 0. The third-order valence-corrected chi connectivity index (χ3v) is 4.33. The number of benzene rings is 1. The van der Waals surface area contributed by atoms with E-state index in [1.54, 1.807) is 4.90 Å². The number of rotatable bonds is 2. The van der Waals surface area contributed by atoms with Crippen LogP contribution in [0.15, 0.2) is 18.2 Å². The van der Waals surface area contributed by atoms with Gasteiger partial charge in [0.25, 0.3) is 5.91 Å². The summed E-state index contributed by atoms with van der Waals surface area (Å²) < 4.78 is 51.4. The lowest BCUT2D eigenvalue weighted by molar-refractivity contribution is -0.140. The van der Waals surface area contributed by atoms with Crippen LogP contribution in [0.2, 0.25) is 0 Å². The van der Waals surface area contributed by atoms with Gasteiger partial charge in [-0.3, -0.25) is 4.79 Å². The second-order valence-electron chi connectivity index (χ2n) is 4.99. The molecule has 1 aromatic carbocycles. The predicted molar refractivity (Wildman–Crippen MR) is 73.9 cm³/mol. The number of halogens is 5. The molecule has 0 aliphatic carbocycles. The van der Waals surface area contributed by atoms with Gasteiger partial charge in [0.1, 0.15) is 5.82 Å². The normalized spacial score (nSPS) is 19.7. The van der Waals surface area contributed by atoms with Gasteiger partial charge in [-0.25, -0.2) is 4.39 Å². The van der Waals surface area contributed by atoms with E-state index < -0.39 is 23.5 Å². The second-order valence-corrected chi connectivity index (χ2v) is 5.64. The highest BCUT2D eigenvalue weighted by atomic mass is 79.9. The molecule has 1 atom stereocenters. The Kier molecular flexibility index (Phi) is 4.91. The number of alkyl halides is 4. The molecule has 116 valence electrons. The Bertz CT molecular complexity index is 532. The molecule has 21 heavy (non-hydrogen) atoms. The van der Waals surface area contributed by atoms with E-state index in [1.807, 2.05) is 0 Å². The van der Waals surface area contributed by atoms with Crippen molar-refractivity contribution in [1.82, 2.24) is 4.90 Å². The van der Waals surface area contributed by atoms with Gasteiger partial charge in [0, 0.05) is 23.5 Å². The summed E-state index contributed by atoms with van der Waals surface area (Å²) >= 11 is 3.32. The summed E-state index contributed by atoms with van der Waals surface area (Å²) in [4.78, 5) is 13.9. The van der Waals surface area contributed by atoms with Crippen molar-refractivity contribution in [2.75, 3.05) is 11.9 Å². The average molecular weight is 368 g/mol. The van der Waals surface area contributed by atoms with Crippen LogP contribution < -0.4 is 0 Å². The van der Waals surface area contributed by atoms with Crippen molar-refractivity contribution in [1.29, 1.82) is 0 Å². The minimum Gasteiger partial charge on any atom is -0.335 e. The summed E-state index contributed by atoms with van der Waals surface area (Å²) in [5.41, 5.74) is -1.53. The van der Waals surface area contributed by atoms with E-state index in [-0.39, 0.29) is 11.6 Å². The first-order valence-electron chi connectivity index (χ1n) is 6.58. The largest absolute Gasteiger partial charge is 0.419 e. The zero-order valence-corrected chi connectivity index (χ0v) is 12.7. The van der Waals surface area contributed by atoms with E-state index in [0.29, 0.717) is 24.0 Å². The van der Waals surface area contributed by atoms with Gasteiger partial charge >= 0.3 is 6.18 Å². The molecule has 1 amide bonds. The molecule has 7 heteroatoms. The zero-order chi connectivity index (χ0) is 15.6. The van der Waals surface area contributed by atoms with Crippen molar-refractivity contribution < 1.29 is 22.4 Å². The van der Waals surface area contributed by atoms with E-state index in [9.17, 15) is 22.4 Å². The van der Waals surface area contributed by atoms with E-state index >= 15 is 0 Å². The number of amides is 1. The summed E-state index contributed by atoms with van der Waals surface area (Å²) in [7, 11) is 0. The Balaban J connectivity index is 2.31. The van der Waals surface area contributed by atoms with Crippen LogP contribution in [0.25, 0.3) is 0 Å². The molecule has 1 aliphatic rings. The van der Waals surface area contributed by atoms with Crippen LogP contribution in [0.5, 0.6) is 0 Å². The lowest BCUT2D eigenvalue weighted by Crippen LogP contribution is -2.44. The molecular weight excluding hydrogens is 354 g/mol. The summed E-state index contributed by atoms with van der Waals surface area (Å²) in [6.45, 7) is 0.508. The van der Waals surface area contributed by atoms with Gasteiger partial charge in [0.2, 0.25) is 0 Å². The molecule has 0 saturated carbocycles. The molecule has 0 bridgehead atoms. The second kappa shape index (κ2) is 6.34. The summed E-state index contributed by atoms with van der Waals surface area (Å²) in [6, 6.07) is 2.36. The van der Waals surface area contributed by atoms with Gasteiger partial charge in [0.15, 0.2) is 0 Å². The maximum atomic E-state index is 13.3. The summed E-state index contributed by atoms with van der Waals surface area (Å²) in [5.74, 6) is -1.85. The molecule has 1 heterocycles. The van der Waals surface area contributed by atoms with Gasteiger partial charge < -0.3 is 4.90 Å². The quantitative estimate of drug-likeness (QED) is 0.565. The van der Waals surface area contributed by atoms with Gasteiger partial charge in [-0.15, -0.1) is 0 Å². The van der Waals surface area contributed by atoms with Gasteiger partial charge in [-0.2, -0.15) is 13.2 Å². The lowest BCUT2D eigenvalue weighted by atomic mass is 10.0. The standard InChI is InChI=1S/C14H14BrF4NO/c15-8-10-3-1-2-6-20(10)13(21)9-4-5-12(16)11(7-9)14(17,18)19/h4-5,7,10H,1-3,6,8H2. The van der Waals surface area contributed by atoms with Gasteiger partial charge in [0.05, 0.1) is 5.56 Å². The van der Waals surface area contributed by atoms with Crippen LogP contribution in [0, 0.1) is 5.82 Å². The number of nitrogens with zero attached hydrogens (tertiary/aromatic N) is 1. The average Bonchev–Trinajstić information content (AvgIpc) is 2.45. The first kappa shape index (κ1) is 16.3. The van der Waals surface area contributed by atoms with Crippen LogP contribution in [-0.4, -0.2) is 28.7 Å². The summed E-state index contributed by atoms with van der Waals surface area (Å²) in [5, 5.41) is 0.575. The molecular formula is C14H14BrF4NO. The van der Waals surface area contributed by atoms with Crippen molar-refractivity contribution in [2.45, 2.75) is 31.5 Å². The van der Waals surface area contributed by atoms with Gasteiger partial charge in [-0.1, -0.05) is 15.9 Å². The number of likely N-dealkylation sites (tertiary alicyclic amines) is 1. The number of carbonyl (C=O) groups excluding carboxylic acids is 1. The van der Waals surface area contributed by atoms with Crippen LogP contribution in [0.1, 0.15) is 35.2 Å². The van der Waals surface area contributed by atoms with Crippen molar-refractivity contribution in [3.05, 3.63) is 35.1 Å². The first-order valence-corrected chi connectivity index (χ1v) is 7.70. The van der Waals surface area contributed by atoms with Crippen molar-refractivity contribution in [2.24, 2.45) is 0 Å². The number of piperidine rings is 1. The highest BCUT2D eigenvalue weighted by Gasteiger charge is 2.35. The third-order valence-electron chi connectivity index (χ3n) is 3.58. The molecule has 2 rings (SSSR count). The SMILES string of the molecule is O=C(c1ccc(F)c(C(F)(F)F)c1)N1CCCCC1CBr. The van der Waals surface area contributed by atoms with Gasteiger partial charge in [-0.05, 0) is 37.5 Å². The molecule has 0 radical (unpaired) electrons. The van der Waals surface area contributed by atoms with E-state index in [0.717, 1.165) is 25.3 Å². The smallest absolute Gasteiger partial charge is 0.335 e.